The van der Waals surface area contributed by atoms with Crippen LogP contribution in [0, 0.1) is 0 Å². The lowest BCUT2D eigenvalue weighted by Crippen LogP contribution is -2.12. The Balaban J connectivity index is 0.000000361. The van der Waals surface area contributed by atoms with E-state index in [1.807, 2.05) is 28.2 Å². The molecule has 3 aromatic rings. The second-order valence-corrected chi connectivity index (χ2v) is 8.69. The van der Waals surface area contributed by atoms with Crippen molar-refractivity contribution < 1.29 is 0 Å². The van der Waals surface area contributed by atoms with Crippen molar-refractivity contribution >= 4 is 34.1 Å². The van der Waals surface area contributed by atoms with E-state index in [4.69, 9.17) is 0 Å². The van der Waals surface area contributed by atoms with Crippen molar-refractivity contribution in [3.05, 3.63) is 72.8 Å². The Morgan fingerprint density at radius 2 is 0.455 bits per heavy atom. The fraction of sp³-hybridized carbons (Fsp3) is 0.357. The predicted molar refractivity (Wildman–Crippen MR) is 151 cm³/mol. The van der Waals surface area contributed by atoms with E-state index in [0.29, 0.717) is 0 Å². The number of hydrogen-bond donors (Lipinski definition) is 0. The standard InChI is InChI=1S/C17H23N3.C10H16N2.CH4/c1-18(2)14-6-10-16(11-7-14)20(5)17-12-8-15(9-13-17)19(3)4;1-11(2)9-5-7-10(8-6-9)12(3)4;/h6-13H,1-5H3;5-8H,1-4H3;1H4. The van der Waals surface area contributed by atoms with Crippen LogP contribution in [0.2, 0.25) is 0 Å². The number of hydrogen-bond acceptors (Lipinski definition) is 5. The van der Waals surface area contributed by atoms with Crippen molar-refractivity contribution in [2.75, 3.05) is 87.9 Å². The fourth-order valence-electron chi connectivity index (χ4n) is 3.15. The third kappa shape index (κ3) is 7.94. The van der Waals surface area contributed by atoms with E-state index in [-0.39, 0.29) is 7.43 Å². The molecule has 0 saturated heterocycles. The molecule has 0 fully saturated rings. The fourth-order valence-corrected chi connectivity index (χ4v) is 3.15. The predicted octanol–water partition coefficient (Wildman–Crippen LogP) is 6.04. The second kappa shape index (κ2) is 12.6. The van der Waals surface area contributed by atoms with E-state index in [1.54, 1.807) is 0 Å². The number of benzene rings is 3. The van der Waals surface area contributed by atoms with Gasteiger partial charge in [0.25, 0.3) is 0 Å². The van der Waals surface area contributed by atoms with Gasteiger partial charge in [-0.15, -0.1) is 0 Å². The Morgan fingerprint density at radius 1 is 0.303 bits per heavy atom. The number of rotatable bonds is 6. The van der Waals surface area contributed by atoms with Crippen LogP contribution in [-0.4, -0.2) is 63.4 Å². The molecule has 180 valence electrons. The van der Waals surface area contributed by atoms with Crippen molar-refractivity contribution in [1.29, 1.82) is 0 Å². The Labute approximate surface area is 202 Å². The summed E-state index contributed by atoms with van der Waals surface area (Å²) >= 11 is 0. The van der Waals surface area contributed by atoms with E-state index in [1.165, 1.54) is 34.1 Å². The second-order valence-electron chi connectivity index (χ2n) is 8.69. The molecule has 0 radical (unpaired) electrons. The summed E-state index contributed by atoms with van der Waals surface area (Å²) in [5, 5.41) is 0. The van der Waals surface area contributed by atoms with Crippen LogP contribution in [0.1, 0.15) is 7.43 Å². The van der Waals surface area contributed by atoms with Crippen LogP contribution in [0.3, 0.4) is 0 Å². The molecule has 0 atom stereocenters. The minimum absolute atomic E-state index is 0. The van der Waals surface area contributed by atoms with Gasteiger partial charge in [-0.3, -0.25) is 0 Å². The van der Waals surface area contributed by atoms with Crippen LogP contribution in [0.4, 0.5) is 34.1 Å². The summed E-state index contributed by atoms with van der Waals surface area (Å²) in [6, 6.07) is 25.6. The Kier molecular flexibility index (Phi) is 10.6. The first kappa shape index (κ1) is 27.7. The Morgan fingerprint density at radius 3 is 0.606 bits per heavy atom. The lowest BCUT2D eigenvalue weighted by atomic mass is 10.2. The minimum Gasteiger partial charge on any atom is -0.378 e. The van der Waals surface area contributed by atoms with E-state index in [0.717, 1.165) is 0 Å². The van der Waals surface area contributed by atoms with Gasteiger partial charge >= 0.3 is 0 Å². The summed E-state index contributed by atoms with van der Waals surface area (Å²) in [6.07, 6.45) is 0. The zero-order valence-electron chi connectivity index (χ0n) is 21.2. The van der Waals surface area contributed by atoms with Gasteiger partial charge in [0.05, 0.1) is 0 Å². The van der Waals surface area contributed by atoms with Gasteiger partial charge < -0.3 is 24.5 Å². The van der Waals surface area contributed by atoms with Crippen LogP contribution >= 0.6 is 0 Å². The zero-order chi connectivity index (χ0) is 23.8. The lowest BCUT2D eigenvalue weighted by molar-refractivity contribution is 1.11. The van der Waals surface area contributed by atoms with E-state index >= 15 is 0 Å². The van der Waals surface area contributed by atoms with Crippen LogP contribution < -0.4 is 24.5 Å². The highest BCUT2D eigenvalue weighted by Gasteiger charge is 2.05. The quantitative estimate of drug-likeness (QED) is 0.455. The number of anilines is 6. The summed E-state index contributed by atoms with van der Waals surface area (Å²) in [7, 11) is 18.5. The zero-order valence-corrected chi connectivity index (χ0v) is 21.2. The van der Waals surface area contributed by atoms with Gasteiger partial charge in [0, 0.05) is 97.6 Å². The molecule has 0 amide bonds. The Bertz CT molecular complexity index is 849. The lowest BCUT2D eigenvalue weighted by Gasteiger charge is -2.22. The summed E-state index contributed by atoms with van der Waals surface area (Å²) in [4.78, 5) is 10.6. The van der Waals surface area contributed by atoms with Gasteiger partial charge in [-0.05, 0) is 72.8 Å². The van der Waals surface area contributed by atoms with E-state index < -0.39 is 0 Å². The minimum atomic E-state index is 0. The molecule has 5 heteroatoms. The normalized spacial score (nSPS) is 9.73. The van der Waals surface area contributed by atoms with Crippen molar-refractivity contribution in [2.45, 2.75) is 7.43 Å². The summed E-state index contributed by atoms with van der Waals surface area (Å²) < 4.78 is 0. The van der Waals surface area contributed by atoms with Gasteiger partial charge in [-0.1, -0.05) is 7.43 Å². The molecule has 5 nitrogen and oxygen atoms in total. The molecule has 33 heavy (non-hydrogen) atoms. The molecule has 0 heterocycles. The largest absolute Gasteiger partial charge is 0.378 e. The molecule has 0 spiro atoms. The first-order valence-electron chi connectivity index (χ1n) is 10.8. The average Bonchev–Trinajstić information content (AvgIpc) is 2.79. The monoisotopic (exact) mass is 449 g/mol. The highest BCUT2D eigenvalue weighted by molar-refractivity contribution is 5.67. The molecule has 3 aromatic carbocycles. The molecule has 3 rings (SSSR count). The maximum absolute atomic E-state index is 2.19. The van der Waals surface area contributed by atoms with Gasteiger partial charge in [0.2, 0.25) is 0 Å². The summed E-state index contributed by atoms with van der Waals surface area (Å²) in [5.41, 5.74) is 7.28. The van der Waals surface area contributed by atoms with Gasteiger partial charge in [0.1, 0.15) is 0 Å². The third-order valence-electron chi connectivity index (χ3n) is 5.39. The molecular formula is C28H43N5. The van der Waals surface area contributed by atoms with Gasteiger partial charge in [0.15, 0.2) is 0 Å². The molecule has 0 unspecified atom stereocenters. The summed E-state index contributed by atoms with van der Waals surface area (Å²) in [6.45, 7) is 0. The smallest absolute Gasteiger partial charge is 0.0409 e. The molecule has 0 aliphatic carbocycles. The molecule has 0 aliphatic heterocycles. The number of nitrogens with zero attached hydrogens (tertiary/aromatic N) is 5. The third-order valence-corrected chi connectivity index (χ3v) is 5.39. The van der Waals surface area contributed by atoms with Crippen LogP contribution in [0.5, 0.6) is 0 Å². The van der Waals surface area contributed by atoms with Crippen molar-refractivity contribution in [1.82, 2.24) is 0 Å². The topological polar surface area (TPSA) is 16.2 Å². The highest BCUT2D eigenvalue weighted by atomic mass is 15.1. The summed E-state index contributed by atoms with van der Waals surface area (Å²) in [5.74, 6) is 0. The molecule has 0 bridgehead atoms. The van der Waals surface area contributed by atoms with Crippen LogP contribution in [0.15, 0.2) is 72.8 Å². The maximum Gasteiger partial charge on any atom is 0.0409 e. The molecule has 0 aromatic heterocycles. The SMILES string of the molecule is C.CN(C)c1ccc(N(C)C)cc1.CN(C)c1ccc(N(C)c2ccc(N(C)C)cc2)cc1. The Hall–Kier alpha value is -3.34. The average molecular weight is 450 g/mol. The van der Waals surface area contributed by atoms with Crippen molar-refractivity contribution in [2.24, 2.45) is 0 Å². The molecule has 0 N–H and O–H groups in total. The van der Waals surface area contributed by atoms with Gasteiger partial charge in [-0.2, -0.15) is 0 Å². The van der Waals surface area contributed by atoms with Crippen LogP contribution in [0.25, 0.3) is 0 Å². The molecule has 0 aliphatic rings. The molecule has 0 saturated carbocycles. The van der Waals surface area contributed by atoms with E-state index in [9.17, 15) is 0 Å². The maximum atomic E-state index is 2.19. The van der Waals surface area contributed by atoms with Crippen molar-refractivity contribution in [3.63, 3.8) is 0 Å². The van der Waals surface area contributed by atoms with Crippen LogP contribution in [-0.2, 0) is 0 Å². The molecular weight excluding hydrogens is 406 g/mol. The van der Waals surface area contributed by atoms with Crippen molar-refractivity contribution in [3.8, 4) is 0 Å². The van der Waals surface area contributed by atoms with Gasteiger partial charge in [-0.25, -0.2) is 0 Å². The first-order chi connectivity index (χ1) is 15.1. The van der Waals surface area contributed by atoms with E-state index in [2.05, 4.69) is 133 Å². The first-order valence-corrected chi connectivity index (χ1v) is 10.8. The highest BCUT2D eigenvalue weighted by Crippen LogP contribution is 2.27.